The zero-order valence-corrected chi connectivity index (χ0v) is 32.6. The number of hydrogen-bond acceptors (Lipinski definition) is 2. The molecule has 0 saturated heterocycles. The van der Waals surface area contributed by atoms with Gasteiger partial charge in [0.25, 0.3) is 0 Å². The van der Waals surface area contributed by atoms with Gasteiger partial charge in [0, 0.05) is 32.5 Å². The van der Waals surface area contributed by atoms with E-state index in [-0.39, 0.29) is 5.41 Å². The van der Waals surface area contributed by atoms with E-state index in [4.69, 9.17) is 8.83 Å². The molecule has 12 aromatic rings. The summed E-state index contributed by atoms with van der Waals surface area (Å²) in [6.07, 6.45) is 0. The van der Waals surface area contributed by atoms with Gasteiger partial charge in [0.1, 0.15) is 11.2 Å². The molecule has 0 spiro atoms. The Bertz CT molecular complexity index is 3690. The van der Waals surface area contributed by atoms with Crippen LogP contribution in [0.2, 0.25) is 0 Å². The van der Waals surface area contributed by atoms with Gasteiger partial charge in [-0.15, -0.1) is 0 Å². The summed E-state index contributed by atoms with van der Waals surface area (Å²) in [5.74, 6) is 0. The summed E-state index contributed by atoms with van der Waals surface area (Å²) >= 11 is 0. The third kappa shape index (κ3) is 4.46. The van der Waals surface area contributed by atoms with Crippen molar-refractivity contribution >= 4 is 76.2 Å². The Hall–Kier alpha value is -7.42. The molecule has 2 nitrogen and oxygen atoms in total. The van der Waals surface area contributed by atoms with E-state index >= 15 is 0 Å². The lowest BCUT2D eigenvalue weighted by Crippen LogP contribution is -2.15. The Morgan fingerprint density at radius 2 is 0.932 bits per heavy atom. The lowest BCUT2D eigenvalue weighted by atomic mass is 9.80. The molecule has 0 aliphatic heterocycles. The molecular weight excluding hydrogens is 717 g/mol. The minimum Gasteiger partial charge on any atom is -0.452 e. The average molecular weight is 753 g/mol. The van der Waals surface area contributed by atoms with Crippen LogP contribution in [-0.4, -0.2) is 0 Å². The Labute approximate surface area is 340 Å². The summed E-state index contributed by atoms with van der Waals surface area (Å²) in [5.41, 5.74) is 15.7. The van der Waals surface area contributed by atoms with Crippen molar-refractivity contribution in [2.75, 3.05) is 0 Å². The number of fused-ring (bicyclic) bond motifs is 14. The molecule has 0 atom stereocenters. The molecule has 1 aliphatic rings. The van der Waals surface area contributed by atoms with Crippen molar-refractivity contribution in [3.8, 4) is 44.5 Å². The molecular formula is C57H36O2. The van der Waals surface area contributed by atoms with Gasteiger partial charge < -0.3 is 8.83 Å². The lowest BCUT2D eigenvalue weighted by Gasteiger charge is -2.23. The van der Waals surface area contributed by atoms with E-state index < -0.39 is 0 Å². The SMILES string of the molecule is CC1(C)c2ccc(-c3cc4ccccc4c4c3oc3c4ccc4c5ccccc5oc43)cc2-c2ccc(-c3c4ccccc4c(-c4ccccc4)c4ccccc34)cc21. The van der Waals surface area contributed by atoms with Crippen molar-refractivity contribution in [2.45, 2.75) is 19.3 Å². The normalized spacial score (nSPS) is 13.4. The molecule has 0 fully saturated rings. The van der Waals surface area contributed by atoms with Crippen LogP contribution in [0.4, 0.5) is 0 Å². The number of hydrogen-bond donors (Lipinski definition) is 0. The van der Waals surface area contributed by atoms with Gasteiger partial charge in [-0.2, -0.15) is 0 Å². The summed E-state index contributed by atoms with van der Waals surface area (Å²) in [6, 6.07) is 66.5. The third-order valence-electron chi connectivity index (χ3n) is 13.2. The largest absolute Gasteiger partial charge is 0.452 e. The molecule has 0 N–H and O–H groups in total. The molecule has 10 aromatic carbocycles. The number of benzene rings is 10. The summed E-state index contributed by atoms with van der Waals surface area (Å²) in [6.45, 7) is 4.75. The Balaban J connectivity index is 1.02. The highest BCUT2D eigenvalue weighted by Crippen LogP contribution is 2.53. The molecule has 0 amide bonds. The van der Waals surface area contributed by atoms with Crippen molar-refractivity contribution in [3.63, 3.8) is 0 Å². The molecule has 0 radical (unpaired) electrons. The number of furan rings is 2. The van der Waals surface area contributed by atoms with Crippen LogP contribution in [0.3, 0.4) is 0 Å². The summed E-state index contributed by atoms with van der Waals surface area (Å²) in [7, 11) is 0. The lowest BCUT2D eigenvalue weighted by molar-refractivity contribution is 0.634. The highest BCUT2D eigenvalue weighted by molar-refractivity contribution is 6.27. The van der Waals surface area contributed by atoms with Gasteiger partial charge in [0.05, 0.1) is 0 Å². The fraction of sp³-hybridized carbons (Fsp3) is 0.0526. The summed E-state index contributed by atoms with van der Waals surface area (Å²) < 4.78 is 13.5. The maximum atomic E-state index is 7.00. The van der Waals surface area contributed by atoms with Crippen LogP contribution in [0, 0.1) is 0 Å². The van der Waals surface area contributed by atoms with Gasteiger partial charge in [-0.3, -0.25) is 0 Å². The Morgan fingerprint density at radius 3 is 1.68 bits per heavy atom. The van der Waals surface area contributed by atoms with Crippen LogP contribution in [-0.2, 0) is 5.41 Å². The van der Waals surface area contributed by atoms with Gasteiger partial charge in [0.2, 0.25) is 0 Å². The van der Waals surface area contributed by atoms with Crippen molar-refractivity contribution in [2.24, 2.45) is 0 Å². The van der Waals surface area contributed by atoms with Crippen molar-refractivity contribution in [3.05, 3.63) is 193 Å². The van der Waals surface area contributed by atoms with E-state index in [0.717, 1.165) is 55.0 Å². The highest BCUT2D eigenvalue weighted by Gasteiger charge is 2.36. The molecule has 2 heterocycles. The van der Waals surface area contributed by atoms with E-state index in [9.17, 15) is 0 Å². The minimum absolute atomic E-state index is 0.195. The maximum absolute atomic E-state index is 7.00. The standard InChI is InChI=1S/C57H36O2/c1-57(2)48-29-25-35(46-30-34-16-6-7-17-37(34)53-45-28-27-44-39-18-12-13-23-50(39)58-55(44)56(45)59-54(46)53)31-47(48)38-26-24-36(32-49(38)57)52-42-21-10-8-19-40(42)51(33-14-4-3-5-15-33)41-20-9-11-22-43(41)52/h3-32H,1-2H3. The first kappa shape index (κ1) is 32.6. The maximum Gasteiger partial charge on any atom is 0.178 e. The van der Waals surface area contributed by atoms with Gasteiger partial charge in [0.15, 0.2) is 11.2 Å². The predicted octanol–water partition coefficient (Wildman–Crippen LogP) is 16.3. The van der Waals surface area contributed by atoms with Crippen LogP contribution < -0.4 is 0 Å². The van der Waals surface area contributed by atoms with E-state index in [1.54, 1.807) is 0 Å². The van der Waals surface area contributed by atoms with Crippen LogP contribution in [0.5, 0.6) is 0 Å². The van der Waals surface area contributed by atoms with Crippen LogP contribution in [0.25, 0.3) is 121 Å². The Morgan fingerprint density at radius 1 is 0.339 bits per heavy atom. The zero-order chi connectivity index (χ0) is 39.0. The van der Waals surface area contributed by atoms with E-state index in [0.29, 0.717) is 0 Å². The van der Waals surface area contributed by atoms with Gasteiger partial charge in [-0.1, -0.05) is 159 Å². The predicted molar refractivity (Wildman–Crippen MR) is 247 cm³/mol. The smallest absolute Gasteiger partial charge is 0.178 e. The second kappa shape index (κ2) is 11.8. The van der Waals surface area contributed by atoms with E-state index in [1.165, 1.54) is 76.8 Å². The quantitative estimate of drug-likeness (QED) is 0.168. The second-order valence-corrected chi connectivity index (χ2v) is 16.7. The first-order valence-electron chi connectivity index (χ1n) is 20.5. The summed E-state index contributed by atoms with van der Waals surface area (Å²) in [4.78, 5) is 0. The second-order valence-electron chi connectivity index (χ2n) is 16.7. The van der Waals surface area contributed by atoms with Crippen LogP contribution >= 0.6 is 0 Å². The average Bonchev–Trinajstić information content (AvgIpc) is 3.93. The fourth-order valence-electron chi connectivity index (χ4n) is 10.5. The molecule has 2 heteroatoms. The van der Waals surface area contributed by atoms with Gasteiger partial charge in [-0.25, -0.2) is 0 Å². The zero-order valence-electron chi connectivity index (χ0n) is 32.6. The van der Waals surface area contributed by atoms with Crippen molar-refractivity contribution in [1.29, 1.82) is 0 Å². The van der Waals surface area contributed by atoms with Gasteiger partial charge in [-0.05, 0) is 119 Å². The molecule has 0 bridgehead atoms. The first-order chi connectivity index (χ1) is 29.0. The molecule has 2 aromatic heterocycles. The molecule has 13 rings (SSSR count). The van der Waals surface area contributed by atoms with E-state index in [1.807, 2.05) is 12.1 Å². The minimum atomic E-state index is -0.195. The fourth-order valence-corrected chi connectivity index (χ4v) is 10.5. The molecule has 0 saturated carbocycles. The monoisotopic (exact) mass is 752 g/mol. The molecule has 0 unspecified atom stereocenters. The van der Waals surface area contributed by atoms with Crippen molar-refractivity contribution in [1.82, 2.24) is 0 Å². The Kier molecular flexibility index (Phi) is 6.54. The summed E-state index contributed by atoms with van der Waals surface area (Å²) in [5, 5.41) is 11.8. The topological polar surface area (TPSA) is 26.3 Å². The third-order valence-corrected chi connectivity index (χ3v) is 13.2. The van der Waals surface area contributed by atoms with Crippen LogP contribution in [0.1, 0.15) is 25.0 Å². The van der Waals surface area contributed by atoms with Crippen LogP contribution in [0.15, 0.2) is 191 Å². The highest BCUT2D eigenvalue weighted by atomic mass is 16.4. The van der Waals surface area contributed by atoms with E-state index in [2.05, 4.69) is 184 Å². The molecule has 1 aliphatic carbocycles. The first-order valence-corrected chi connectivity index (χ1v) is 20.5. The van der Waals surface area contributed by atoms with Crippen molar-refractivity contribution < 1.29 is 8.83 Å². The van der Waals surface area contributed by atoms with Gasteiger partial charge >= 0.3 is 0 Å². The number of para-hydroxylation sites is 1. The number of rotatable bonds is 3. The molecule has 276 valence electrons. The molecule has 59 heavy (non-hydrogen) atoms.